The Morgan fingerprint density at radius 2 is 2.16 bits per heavy atom. The summed E-state index contributed by atoms with van der Waals surface area (Å²) in [5, 5.41) is 0. The molecule has 1 atom stereocenters. The molecule has 0 radical (unpaired) electrons. The van der Waals surface area contributed by atoms with E-state index in [4.69, 9.17) is 4.74 Å². The Morgan fingerprint density at radius 3 is 2.84 bits per heavy atom. The van der Waals surface area contributed by atoms with E-state index in [1.54, 1.807) is 18.1 Å². The van der Waals surface area contributed by atoms with Crippen LogP contribution in [0, 0.1) is 0 Å². The monoisotopic (exact) mass is 347 g/mol. The van der Waals surface area contributed by atoms with E-state index in [1.807, 2.05) is 26.8 Å². The van der Waals surface area contributed by atoms with E-state index in [1.165, 1.54) is 25.7 Å². The zero-order valence-corrected chi connectivity index (χ0v) is 16.4. The van der Waals surface area contributed by atoms with Crippen LogP contribution in [0.1, 0.15) is 71.4 Å². The second-order valence-electron chi connectivity index (χ2n) is 7.86. The Labute approximate surface area is 152 Å². The molecule has 140 valence electrons. The first-order chi connectivity index (χ1) is 11.8. The lowest BCUT2D eigenvalue weighted by Gasteiger charge is -2.37. The largest absolute Gasteiger partial charge is 0.443 e. The van der Waals surface area contributed by atoms with Crippen LogP contribution in [0.15, 0.2) is 18.3 Å². The van der Waals surface area contributed by atoms with Gasteiger partial charge in [0.25, 0.3) is 0 Å². The maximum atomic E-state index is 12.5. The SMILES string of the molecule is CCCCN1CCCCC1c1cccnc1N(C)C(=O)OC(C)(C)C. The first-order valence-electron chi connectivity index (χ1n) is 9.49. The fourth-order valence-electron chi connectivity index (χ4n) is 3.34. The predicted octanol–water partition coefficient (Wildman–Crippen LogP) is 4.78. The van der Waals surface area contributed by atoms with Gasteiger partial charge in [0.05, 0.1) is 0 Å². The van der Waals surface area contributed by atoms with Gasteiger partial charge in [-0.1, -0.05) is 25.8 Å². The molecule has 1 aromatic heterocycles. The molecule has 0 bridgehead atoms. The standard InChI is InChI=1S/C20H33N3O2/c1-6-7-14-23-15-9-8-12-17(23)16-11-10-13-21-18(16)22(5)19(24)25-20(2,3)4/h10-11,13,17H,6-9,12,14-15H2,1-5H3. The normalized spacial score (nSPS) is 18.8. The van der Waals surface area contributed by atoms with E-state index >= 15 is 0 Å². The van der Waals surface area contributed by atoms with E-state index in [9.17, 15) is 4.79 Å². The number of nitrogens with zero attached hydrogens (tertiary/aromatic N) is 3. The zero-order chi connectivity index (χ0) is 18.4. The number of hydrogen-bond acceptors (Lipinski definition) is 4. The van der Waals surface area contributed by atoms with Gasteiger partial charge in [-0.3, -0.25) is 9.80 Å². The second kappa shape index (κ2) is 8.65. The van der Waals surface area contributed by atoms with Crippen LogP contribution in [0.2, 0.25) is 0 Å². The fraction of sp³-hybridized carbons (Fsp3) is 0.700. The van der Waals surface area contributed by atoms with E-state index in [0.717, 1.165) is 25.1 Å². The number of piperidine rings is 1. The van der Waals surface area contributed by atoms with Gasteiger partial charge in [0.2, 0.25) is 0 Å². The number of amides is 1. The van der Waals surface area contributed by atoms with Gasteiger partial charge in [0.15, 0.2) is 0 Å². The molecule has 1 aliphatic rings. The number of likely N-dealkylation sites (tertiary alicyclic amines) is 1. The minimum atomic E-state index is -0.516. The highest BCUT2D eigenvalue weighted by Crippen LogP contribution is 2.35. The Kier molecular flexibility index (Phi) is 6.82. The van der Waals surface area contributed by atoms with Gasteiger partial charge < -0.3 is 4.74 Å². The number of anilines is 1. The van der Waals surface area contributed by atoms with Crippen LogP contribution in [-0.2, 0) is 4.74 Å². The number of aromatic nitrogens is 1. The summed E-state index contributed by atoms with van der Waals surface area (Å²) in [5.41, 5.74) is 0.616. The first-order valence-corrected chi connectivity index (χ1v) is 9.49. The van der Waals surface area contributed by atoms with Crippen molar-refractivity contribution in [2.45, 2.75) is 71.4 Å². The lowest BCUT2D eigenvalue weighted by atomic mass is 9.95. The van der Waals surface area contributed by atoms with Crippen molar-refractivity contribution >= 4 is 11.9 Å². The van der Waals surface area contributed by atoms with Crippen LogP contribution >= 0.6 is 0 Å². The third-order valence-corrected chi connectivity index (χ3v) is 4.57. The molecule has 5 heteroatoms. The summed E-state index contributed by atoms with van der Waals surface area (Å²) in [4.78, 5) is 21.1. The molecule has 1 aliphatic heterocycles. The highest BCUT2D eigenvalue weighted by molar-refractivity contribution is 5.87. The average molecular weight is 348 g/mol. The molecule has 2 heterocycles. The number of ether oxygens (including phenoxy) is 1. The summed E-state index contributed by atoms with van der Waals surface area (Å²) in [5.74, 6) is 0.713. The van der Waals surface area contributed by atoms with Gasteiger partial charge in [-0.25, -0.2) is 9.78 Å². The Morgan fingerprint density at radius 1 is 1.40 bits per heavy atom. The lowest BCUT2D eigenvalue weighted by Crippen LogP contribution is -2.38. The van der Waals surface area contributed by atoms with Crippen LogP contribution in [0.5, 0.6) is 0 Å². The van der Waals surface area contributed by atoms with Crippen LogP contribution in [-0.4, -0.2) is 41.7 Å². The quantitative estimate of drug-likeness (QED) is 0.769. The maximum Gasteiger partial charge on any atom is 0.415 e. The van der Waals surface area contributed by atoms with Crippen molar-refractivity contribution in [1.82, 2.24) is 9.88 Å². The van der Waals surface area contributed by atoms with E-state index in [-0.39, 0.29) is 6.09 Å². The molecule has 0 N–H and O–H groups in total. The Hall–Kier alpha value is -1.62. The highest BCUT2D eigenvalue weighted by Gasteiger charge is 2.29. The molecule has 5 nitrogen and oxygen atoms in total. The molecule has 1 unspecified atom stereocenters. The summed E-state index contributed by atoms with van der Waals surface area (Å²) in [6.45, 7) is 10.1. The number of carbonyl (C=O) groups excluding carboxylic acids is 1. The van der Waals surface area contributed by atoms with Crippen LogP contribution < -0.4 is 4.90 Å². The van der Waals surface area contributed by atoms with E-state index < -0.39 is 5.60 Å². The molecule has 0 aromatic carbocycles. The smallest absolute Gasteiger partial charge is 0.415 e. The summed E-state index contributed by atoms with van der Waals surface area (Å²) < 4.78 is 5.52. The minimum Gasteiger partial charge on any atom is -0.443 e. The van der Waals surface area contributed by atoms with Crippen LogP contribution in [0.25, 0.3) is 0 Å². The van der Waals surface area contributed by atoms with Crippen molar-refractivity contribution in [3.63, 3.8) is 0 Å². The lowest BCUT2D eigenvalue weighted by molar-refractivity contribution is 0.0587. The van der Waals surface area contributed by atoms with Gasteiger partial charge in [0, 0.05) is 24.8 Å². The van der Waals surface area contributed by atoms with Gasteiger partial charge in [-0.05, 0) is 59.2 Å². The van der Waals surface area contributed by atoms with E-state index in [2.05, 4.69) is 22.9 Å². The van der Waals surface area contributed by atoms with Crippen molar-refractivity contribution in [2.24, 2.45) is 0 Å². The molecule has 0 saturated carbocycles. The highest BCUT2D eigenvalue weighted by atomic mass is 16.6. The Bertz CT molecular complexity index is 568. The molecule has 2 rings (SSSR count). The van der Waals surface area contributed by atoms with Gasteiger partial charge >= 0.3 is 6.09 Å². The first kappa shape index (κ1) is 19.7. The molecule has 1 aromatic rings. The molecule has 0 spiro atoms. The van der Waals surface area contributed by atoms with Gasteiger partial charge in [-0.15, -0.1) is 0 Å². The topological polar surface area (TPSA) is 45.7 Å². The fourth-order valence-corrected chi connectivity index (χ4v) is 3.34. The summed E-state index contributed by atoms with van der Waals surface area (Å²) in [6.07, 6.45) is 7.37. The molecule has 1 amide bonds. The van der Waals surface area contributed by atoms with Crippen molar-refractivity contribution in [3.8, 4) is 0 Å². The Balaban J connectivity index is 2.25. The van der Waals surface area contributed by atoms with Crippen molar-refractivity contribution in [1.29, 1.82) is 0 Å². The predicted molar refractivity (Wildman–Crippen MR) is 102 cm³/mol. The third kappa shape index (κ3) is 5.43. The molecular weight excluding hydrogens is 314 g/mol. The maximum absolute atomic E-state index is 12.5. The van der Waals surface area contributed by atoms with Gasteiger partial charge in [0.1, 0.15) is 11.4 Å². The summed E-state index contributed by atoms with van der Waals surface area (Å²) >= 11 is 0. The molecule has 1 fully saturated rings. The van der Waals surface area contributed by atoms with Crippen molar-refractivity contribution in [2.75, 3.05) is 25.0 Å². The van der Waals surface area contributed by atoms with E-state index in [0.29, 0.717) is 11.9 Å². The van der Waals surface area contributed by atoms with Crippen molar-refractivity contribution in [3.05, 3.63) is 23.9 Å². The molecule has 1 saturated heterocycles. The van der Waals surface area contributed by atoms with Crippen LogP contribution in [0.4, 0.5) is 10.6 Å². The minimum absolute atomic E-state index is 0.328. The molecule has 0 aliphatic carbocycles. The summed E-state index contributed by atoms with van der Waals surface area (Å²) in [7, 11) is 1.75. The molecule has 25 heavy (non-hydrogen) atoms. The summed E-state index contributed by atoms with van der Waals surface area (Å²) in [6, 6.07) is 4.40. The number of carbonyl (C=O) groups is 1. The third-order valence-electron chi connectivity index (χ3n) is 4.57. The number of rotatable bonds is 5. The zero-order valence-electron chi connectivity index (χ0n) is 16.4. The number of hydrogen-bond donors (Lipinski definition) is 0. The van der Waals surface area contributed by atoms with Crippen LogP contribution in [0.3, 0.4) is 0 Å². The van der Waals surface area contributed by atoms with Gasteiger partial charge in [-0.2, -0.15) is 0 Å². The number of pyridine rings is 1. The second-order valence-corrected chi connectivity index (χ2v) is 7.86. The number of unbranched alkanes of at least 4 members (excludes halogenated alkanes) is 1. The molecular formula is C20H33N3O2. The average Bonchev–Trinajstić information content (AvgIpc) is 2.58. The van der Waals surface area contributed by atoms with Crippen molar-refractivity contribution < 1.29 is 9.53 Å².